The summed E-state index contributed by atoms with van der Waals surface area (Å²) >= 11 is 0. The van der Waals surface area contributed by atoms with Crippen molar-refractivity contribution in [1.82, 2.24) is 0 Å². The molecule has 0 saturated heterocycles. The highest BCUT2D eigenvalue weighted by molar-refractivity contribution is 6.00. The summed E-state index contributed by atoms with van der Waals surface area (Å²) < 4.78 is 15.9. The van der Waals surface area contributed by atoms with Gasteiger partial charge >= 0.3 is 0 Å². The molecule has 0 fully saturated rings. The molecule has 1 heterocycles. The molecule has 3 N–H and O–H groups in total. The first-order valence-corrected chi connectivity index (χ1v) is 7.34. The number of benzene rings is 1. The van der Waals surface area contributed by atoms with Crippen molar-refractivity contribution >= 4 is 5.78 Å². The number of aromatic hydroxyl groups is 1. The molecule has 0 aromatic heterocycles. The Kier molecular flexibility index (Phi) is 4.08. The predicted octanol–water partition coefficient (Wildman–Crippen LogP) is 0.892. The molecule has 7 nitrogen and oxygen atoms in total. The second kappa shape index (κ2) is 5.94. The van der Waals surface area contributed by atoms with E-state index in [1.54, 1.807) is 0 Å². The Hall–Kier alpha value is -2.35. The van der Waals surface area contributed by atoms with Crippen molar-refractivity contribution < 1.29 is 34.3 Å². The molecule has 2 aliphatic rings. The van der Waals surface area contributed by atoms with Crippen molar-refractivity contribution in [1.29, 1.82) is 0 Å². The molecular formula is C17H18O7. The predicted molar refractivity (Wildman–Crippen MR) is 82.6 cm³/mol. The third-order valence-electron chi connectivity index (χ3n) is 4.18. The Labute approximate surface area is 138 Å². The van der Waals surface area contributed by atoms with Crippen LogP contribution in [0.5, 0.6) is 11.5 Å². The number of aliphatic hydroxyl groups is 2. The van der Waals surface area contributed by atoms with Gasteiger partial charge in [0, 0.05) is 13.2 Å². The van der Waals surface area contributed by atoms with Gasteiger partial charge in [-0.25, -0.2) is 0 Å². The van der Waals surface area contributed by atoms with E-state index in [0.717, 1.165) is 0 Å². The molecule has 0 saturated carbocycles. The smallest absolute Gasteiger partial charge is 0.220 e. The summed E-state index contributed by atoms with van der Waals surface area (Å²) in [5.41, 5.74) is 0.822. The first kappa shape index (κ1) is 16.5. The van der Waals surface area contributed by atoms with Gasteiger partial charge in [-0.05, 0) is 29.9 Å². The summed E-state index contributed by atoms with van der Waals surface area (Å²) in [5.74, 6) is -1.80. The number of phenolic OH excluding ortho intramolecular Hbond substituents is 1. The molecular weight excluding hydrogens is 316 g/mol. The first-order chi connectivity index (χ1) is 11.4. The van der Waals surface area contributed by atoms with Gasteiger partial charge in [0.1, 0.15) is 23.4 Å². The van der Waals surface area contributed by atoms with Crippen LogP contribution in [0, 0.1) is 0 Å². The van der Waals surface area contributed by atoms with Crippen LogP contribution < -0.4 is 4.74 Å². The van der Waals surface area contributed by atoms with E-state index in [2.05, 4.69) is 0 Å². The van der Waals surface area contributed by atoms with Gasteiger partial charge in [-0.3, -0.25) is 4.79 Å². The third kappa shape index (κ3) is 2.66. The number of methoxy groups -OCH3 is 2. The quantitative estimate of drug-likeness (QED) is 0.705. The second-order valence-electron chi connectivity index (χ2n) is 5.67. The first-order valence-electron chi connectivity index (χ1n) is 7.34. The summed E-state index contributed by atoms with van der Waals surface area (Å²) in [4.78, 5) is 12.3. The van der Waals surface area contributed by atoms with Gasteiger partial charge in [-0.15, -0.1) is 0 Å². The van der Waals surface area contributed by atoms with Gasteiger partial charge in [0.15, 0.2) is 11.9 Å². The Morgan fingerprint density at radius 3 is 2.75 bits per heavy atom. The van der Waals surface area contributed by atoms with Crippen molar-refractivity contribution in [3.05, 3.63) is 47.2 Å². The van der Waals surface area contributed by atoms with Gasteiger partial charge in [0.05, 0.1) is 19.1 Å². The number of carbonyl (C=O) groups is 1. The fraction of sp³-hybridized carbons (Fsp3) is 0.353. The number of fused-ring (bicyclic) bond motifs is 1. The average molecular weight is 334 g/mol. The molecule has 3 unspecified atom stereocenters. The maximum atomic E-state index is 12.3. The lowest BCUT2D eigenvalue weighted by molar-refractivity contribution is -0.207. The topological polar surface area (TPSA) is 105 Å². The lowest BCUT2D eigenvalue weighted by Crippen LogP contribution is -2.47. The molecule has 0 amide bonds. The minimum absolute atomic E-state index is 0.0169. The largest absolute Gasteiger partial charge is 0.508 e. The van der Waals surface area contributed by atoms with Crippen LogP contribution in [0.2, 0.25) is 0 Å². The standard InChI is InChI=1S/C17H18O7/c1-22-15-5-9(8-17(21,23-2)16(15)20)13-7-12(19)11-4-3-10(18)6-14(11)24-13/h3-6,8,13,16,18,20-21H,7H2,1-2H3. The van der Waals surface area contributed by atoms with Gasteiger partial charge in [0.2, 0.25) is 5.79 Å². The second-order valence-corrected chi connectivity index (χ2v) is 5.67. The Balaban J connectivity index is 1.98. The molecule has 0 radical (unpaired) electrons. The highest BCUT2D eigenvalue weighted by atomic mass is 16.6. The Bertz CT molecular complexity index is 736. The van der Waals surface area contributed by atoms with E-state index in [4.69, 9.17) is 14.2 Å². The SMILES string of the molecule is COC1=CC(C2CC(=O)c3ccc(O)cc3O2)=CC(O)(OC)C1O. The van der Waals surface area contributed by atoms with Crippen LogP contribution in [0.4, 0.5) is 0 Å². The summed E-state index contributed by atoms with van der Waals surface area (Å²) in [7, 11) is 2.60. The number of aliphatic hydroxyl groups excluding tert-OH is 1. The molecule has 24 heavy (non-hydrogen) atoms. The van der Waals surface area contributed by atoms with E-state index < -0.39 is 18.0 Å². The molecule has 128 valence electrons. The van der Waals surface area contributed by atoms with E-state index in [-0.39, 0.29) is 29.5 Å². The van der Waals surface area contributed by atoms with E-state index in [1.807, 2.05) is 0 Å². The Morgan fingerprint density at radius 1 is 1.33 bits per heavy atom. The van der Waals surface area contributed by atoms with E-state index in [9.17, 15) is 20.1 Å². The summed E-state index contributed by atoms with van der Waals surface area (Å²) in [6.45, 7) is 0. The fourth-order valence-corrected chi connectivity index (χ4v) is 2.83. The molecule has 3 atom stereocenters. The summed E-state index contributed by atoms with van der Waals surface area (Å²) in [5, 5.41) is 30.1. The van der Waals surface area contributed by atoms with Crippen molar-refractivity contribution in [2.24, 2.45) is 0 Å². The lowest BCUT2D eigenvalue weighted by Gasteiger charge is -2.35. The number of hydrogen-bond acceptors (Lipinski definition) is 7. The number of carbonyl (C=O) groups excluding carboxylic acids is 1. The zero-order valence-electron chi connectivity index (χ0n) is 13.2. The molecule has 1 aliphatic heterocycles. The van der Waals surface area contributed by atoms with Gasteiger partial charge in [0.25, 0.3) is 0 Å². The summed E-state index contributed by atoms with van der Waals surface area (Å²) in [6, 6.07) is 4.29. The molecule has 1 aromatic rings. The molecule has 1 aromatic carbocycles. The minimum Gasteiger partial charge on any atom is -0.508 e. The van der Waals surface area contributed by atoms with Crippen molar-refractivity contribution in [3.8, 4) is 11.5 Å². The van der Waals surface area contributed by atoms with Crippen molar-refractivity contribution in [2.75, 3.05) is 14.2 Å². The van der Waals surface area contributed by atoms with E-state index in [0.29, 0.717) is 11.1 Å². The highest BCUT2D eigenvalue weighted by Gasteiger charge is 2.42. The average Bonchev–Trinajstić information content (AvgIpc) is 2.56. The maximum Gasteiger partial charge on any atom is 0.220 e. The molecule has 7 heteroatoms. The molecule has 0 bridgehead atoms. The van der Waals surface area contributed by atoms with E-state index in [1.165, 1.54) is 44.6 Å². The van der Waals surface area contributed by atoms with Crippen LogP contribution in [0.25, 0.3) is 0 Å². The van der Waals surface area contributed by atoms with Crippen LogP contribution in [-0.4, -0.2) is 53.3 Å². The van der Waals surface area contributed by atoms with E-state index >= 15 is 0 Å². The van der Waals surface area contributed by atoms with Crippen LogP contribution in [0.1, 0.15) is 16.8 Å². The Morgan fingerprint density at radius 2 is 2.08 bits per heavy atom. The van der Waals surface area contributed by atoms with Crippen LogP contribution >= 0.6 is 0 Å². The number of hydrogen-bond donors (Lipinski definition) is 3. The number of phenols is 1. The van der Waals surface area contributed by atoms with Gasteiger partial charge in [-0.1, -0.05) is 0 Å². The van der Waals surface area contributed by atoms with Gasteiger partial charge in [-0.2, -0.15) is 0 Å². The fourth-order valence-electron chi connectivity index (χ4n) is 2.83. The van der Waals surface area contributed by atoms with Crippen molar-refractivity contribution in [2.45, 2.75) is 24.4 Å². The zero-order chi connectivity index (χ0) is 17.5. The van der Waals surface area contributed by atoms with Crippen LogP contribution in [-0.2, 0) is 9.47 Å². The number of ketones is 1. The number of Topliss-reactive ketones (excluding diaryl/α,β-unsaturated/α-hetero) is 1. The maximum absolute atomic E-state index is 12.3. The lowest BCUT2D eigenvalue weighted by atomic mass is 9.89. The zero-order valence-corrected chi connectivity index (χ0v) is 13.2. The van der Waals surface area contributed by atoms with Crippen LogP contribution in [0.15, 0.2) is 41.7 Å². The van der Waals surface area contributed by atoms with Crippen LogP contribution in [0.3, 0.4) is 0 Å². The third-order valence-corrected chi connectivity index (χ3v) is 4.18. The van der Waals surface area contributed by atoms with Crippen molar-refractivity contribution in [3.63, 3.8) is 0 Å². The normalized spacial score (nSPS) is 29.2. The summed E-state index contributed by atoms with van der Waals surface area (Å²) in [6.07, 6.45) is 0.751. The molecule has 0 spiro atoms. The monoisotopic (exact) mass is 334 g/mol. The molecule has 1 aliphatic carbocycles. The highest BCUT2D eigenvalue weighted by Crippen LogP contribution is 2.36. The number of ether oxygens (including phenoxy) is 3. The number of rotatable bonds is 3. The minimum atomic E-state index is -1.99. The molecule has 3 rings (SSSR count). The van der Waals surface area contributed by atoms with Gasteiger partial charge < -0.3 is 29.5 Å².